The van der Waals surface area contributed by atoms with Crippen LogP contribution in [0.5, 0.6) is 0 Å². The van der Waals surface area contributed by atoms with Gasteiger partial charge in [-0.2, -0.15) is 8.42 Å². The van der Waals surface area contributed by atoms with E-state index in [0.717, 1.165) is 19.3 Å². The van der Waals surface area contributed by atoms with Gasteiger partial charge in [-0.1, -0.05) is 97.3 Å². The van der Waals surface area contributed by atoms with Gasteiger partial charge in [0.15, 0.2) is 0 Å². The molecule has 0 aliphatic rings. The number of carboxylic acids is 2. The van der Waals surface area contributed by atoms with Crippen LogP contribution in [0.3, 0.4) is 0 Å². The summed E-state index contributed by atoms with van der Waals surface area (Å²) in [6.45, 7) is 3.57. The van der Waals surface area contributed by atoms with Gasteiger partial charge in [0.25, 0.3) is 10.1 Å². The first kappa shape index (κ1) is 38.1. The normalized spacial score (nSPS) is 12.8. The molecule has 0 fully saturated rings. The van der Waals surface area contributed by atoms with E-state index >= 15 is 0 Å². The standard InChI is InChI=1S/C23H42O7S.2Na/c1-3-5-6-7-8-9-10-11-12-13-14-15-16-17-18-19(22(24)25)21(23(26)27)20(4-2)31(28,29)30;;/h20H,3-18H2,1-2H3,(H,24,25)(H,26,27)(H,28,29,30);;/q;2*+1/p-2/b21-19-;;. The second-order valence-corrected chi connectivity index (χ2v) is 9.82. The third-order valence-electron chi connectivity index (χ3n) is 5.62. The SMILES string of the molecule is CCCCCCCCCCCCCCCC/C(C(=O)[O-])=C(/C(=O)[O-])C(CC)S(=O)(=O)O.[Na+].[Na+]. The molecule has 0 heterocycles. The summed E-state index contributed by atoms with van der Waals surface area (Å²) in [5.41, 5.74) is -1.51. The van der Waals surface area contributed by atoms with Gasteiger partial charge in [0.1, 0.15) is 5.25 Å². The van der Waals surface area contributed by atoms with E-state index in [1.807, 2.05) is 0 Å². The van der Waals surface area contributed by atoms with Crippen LogP contribution < -0.4 is 69.3 Å². The molecule has 1 unspecified atom stereocenters. The fourth-order valence-corrected chi connectivity index (χ4v) is 4.81. The molecule has 0 bridgehead atoms. The van der Waals surface area contributed by atoms with Crippen LogP contribution >= 0.6 is 0 Å². The Morgan fingerprint density at radius 3 is 1.33 bits per heavy atom. The predicted molar refractivity (Wildman–Crippen MR) is 118 cm³/mol. The van der Waals surface area contributed by atoms with Crippen LogP contribution in [-0.4, -0.2) is 30.2 Å². The van der Waals surface area contributed by atoms with Crippen molar-refractivity contribution in [2.45, 2.75) is 122 Å². The zero-order valence-corrected chi connectivity index (χ0v) is 26.0. The minimum Gasteiger partial charge on any atom is -0.545 e. The van der Waals surface area contributed by atoms with Gasteiger partial charge in [0.05, 0.1) is 11.9 Å². The molecular formula is C23H40Na2O7S. The smallest absolute Gasteiger partial charge is 0.545 e. The molecule has 0 amide bonds. The predicted octanol–water partition coefficient (Wildman–Crippen LogP) is -2.67. The van der Waals surface area contributed by atoms with Gasteiger partial charge in [0, 0.05) is 5.57 Å². The summed E-state index contributed by atoms with van der Waals surface area (Å²) in [4.78, 5) is 22.8. The molecule has 10 heteroatoms. The second kappa shape index (κ2) is 23.0. The van der Waals surface area contributed by atoms with E-state index in [1.165, 1.54) is 64.7 Å². The first-order valence-corrected chi connectivity index (χ1v) is 13.3. The largest absolute Gasteiger partial charge is 1.00 e. The van der Waals surface area contributed by atoms with Gasteiger partial charge in [-0.25, -0.2) is 0 Å². The number of rotatable bonds is 20. The number of hydrogen-bond acceptors (Lipinski definition) is 6. The van der Waals surface area contributed by atoms with Gasteiger partial charge in [-0.3, -0.25) is 4.55 Å². The van der Waals surface area contributed by atoms with Gasteiger partial charge in [-0.05, 0) is 24.8 Å². The Balaban J connectivity index is -0.00000450. The van der Waals surface area contributed by atoms with Crippen molar-refractivity contribution in [1.82, 2.24) is 0 Å². The summed E-state index contributed by atoms with van der Waals surface area (Å²) >= 11 is 0. The quantitative estimate of drug-likeness (QED) is 0.0824. The number of hydrogen-bond donors (Lipinski definition) is 1. The number of carbonyl (C=O) groups excluding carboxylic acids is 2. The molecule has 0 rings (SSSR count). The van der Waals surface area contributed by atoms with Gasteiger partial charge >= 0.3 is 59.1 Å². The average Bonchev–Trinajstić information content (AvgIpc) is 2.68. The van der Waals surface area contributed by atoms with E-state index in [0.29, 0.717) is 12.8 Å². The molecule has 0 spiro atoms. The number of carbonyl (C=O) groups is 2. The van der Waals surface area contributed by atoms with E-state index in [1.54, 1.807) is 0 Å². The van der Waals surface area contributed by atoms with Crippen molar-refractivity contribution in [2.75, 3.05) is 0 Å². The molecule has 0 aromatic rings. The Bertz CT molecular complexity index is 664. The Labute approximate surface area is 244 Å². The van der Waals surface area contributed by atoms with Gasteiger partial charge in [0.2, 0.25) is 0 Å². The summed E-state index contributed by atoms with van der Waals surface area (Å²) in [5.74, 6) is -3.65. The van der Waals surface area contributed by atoms with Gasteiger partial charge in [-0.15, -0.1) is 0 Å². The zero-order valence-electron chi connectivity index (χ0n) is 21.2. The molecule has 7 nitrogen and oxygen atoms in total. The fourth-order valence-electron chi connectivity index (χ4n) is 3.86. The Morgan fingerprint density at radius 2 is 1.06 bits per heavy atom. The topological polar surface area (TPSA) is 135 Å². The monoisotopic (exact) mass is 506 g/mol. The molecule has 182 valence electrons. The van der Waals surface area contributed by atoms with E-state index in [9.17, 15) is 32.8 Å². The van der Waals surface area contributed by atoms with Gasteiger partial charge < -0.3 is 19.8 Å². The summed E-state index contributed by atoms with van der Waals surface area (Å²) in [7, 11) is -4.77. The summed E-state index contributed by atoms with van der Waals surface area (Å²) < 4.78 is 32.2. The number of carboxylic acid groups (broad SMARTS) is 2. The van der Waals surface area contributed by atoms with Crippen molar-refractivity contribution < 1.29 is 91.9 Å². The zero-order chi connectivity index (χ0) is 23.7. The van der Waals surface area contributed by atoms with Crippen molar-refractivity contribution in [3.8, 4) is 0 Å². The van der Waals surface area contributed by atoms with Crippen LogP contribution in [-0.2, 0) is 19.7 Å². The molecule has 0 aromatic carbocycles. The molecule has 1 N–H and O–H groups in total. The summed E-state index contributed by atoms with van der Waals surface area (Å²) in [6.07, 6.45) is 15.3. The maximum Gasteiger partial charge on any atom is 1.00 e. The molecule has 0 saturated carbocycles. The van der Waals surface area contributed by atoms with Crippen molar-refractivity contribution in [2.24, 2.45) is 0 Å². The molecule has 0 aliphatic heterocycles. The molecule has 0 saturated heterocycles. The van der Waals surface area contributed by atoms with Crippen molar-refractivity contribution >= 4 is 22.1 Å². The van der Waals surface area contributed by atoms with E-state index in [2.05, 4.69) is 6.92 Å². The van der Waals surface area contributed by atoms with E-state index in [-0.39, 0.29) is 72.0 Å². The second-order valence-electron chi connectivity index (χ2n) is 8.23. The summed E-state index contributed by atoms with van der Waals surface area (Å²) in [6, 6.07) is 0. The summed E-state index contributed by atoms with van der Waals surface area (Å²) in [5, 5.41) is 21.0. The van der Waals surface area contributed by atoms with Crippen LogP contribution in [0.15, 0.2) is 11.1 Å². The number of unbranched alkanes of at least 4 members (excludes halogenated alkanes) is 13. The minimum atomic E-state index is -4.77. The minimum absolute atomic E-state index is 0. The molecule has 33 heavy (non-hydrogen) atoms. The molecular weight excluding hydrogens is 466 g/mol. The van der Waals surface area contributed by atoms with E-state index in [4.69, 9.17) is 0 Å². The van der Waals surface area contributed by atoms with Crippen LogP contribution in [0.1, 0.15) is 117 Å². The van der Waals surface area contributed by atoms with Crippen LogP contribution in [0.2, 0.25) is 0 Å². The average molecular weight is 507 g/mol. The molecule has 0 aromatic heterocycles. The van der Waals surface area contributed by atoms with Crippen LogP contribution in [0, 0.1) is 0 Å². The van der Waals surface area contributed by atoms with E-state index < -0.39 is 38.5 Å². The van der Waals surface area contributed by atoms with Crippen molar-refractivity contribution in [3.05, 3.63) is 11.1 Å². The first-order chi connectivity index (χ1) is 14.7. The molecule has 1 atom stereocenters. The maximum atomic E-state index is 11.5. The fraction of sp³-hybridized carbons (Fsp3) is 0.826. The first-order valence-electron chi connectivity index (χ1n) is 11.8. The van der Waals surface area contributed by atoms with Crippen molar-refractivity contribution in [1.29, 1.82) is 0 Å². The molecule has 0 aliphatic carbocycles. The third-order valence-corrected chi connectivity index (χ3v) is 6.91. The third kappa shape index (κ3) is 18.5. The molecule has 0 radical (unpaired) electrons. The Morgan fingerprint density at radius 1 is 0.697 bits per heavy atom. The maximum absolute atomic E-state index is 11.5. The van der Waals surface area contributed by atoms with Crippen LogP contribution in [0.4, 0.5) is 0 Å². The Hall–Kier alpha value is 0.590. The van der Waals surface area contributed by atoms with Crippen molar-refractivity contribution in [3.63, 3.8) is 0 Å². The van der Waals surface area contributed by atoms with Crippen LogP contribution in [0.25, 0.3) is 0 Å². The number of aliphatic carboxylic acids is 2. The Kier molecular flexibility index (Phi) is 26.6.